The zero-order valence-electron chi connectivity index (χ0n) is 18.8. The summed E-state index contributed by atoms with van der Waals surface area (Å²) in [4.78, 5) is 43.6. The van der Waals surface area contributed by atoms with Crippen LogP contribution in [0.4, 0.5) is 4.79 Å². The number of carbonyl (C=O) groups is 3. The summed E-state index contributed by atoms with van der Waals surface area (Å²) in [6, 6.07) is 4.36. The van der Waals surface area contributed by atoms with Gasteiger partial charge in [0.2, 0.25) is 5.91 Å². The van der Waals surface area contributed by atoms with Crippen LogP contribution < -0.4 is 9.47 Å². The molecule has 0 aromatic heterocycles. The van der Waals surface area contributed by atoms with Crippen LogP contribution in [0.5, 0.6) is 11.5 Å². The number of fused-ring (bicyclic) bond motifs is 1. The van der Waals surface area contributed by atoms with E-state index in [1.165, 1.54) is 12.0 Å². The predicted molar refractivity (Wildman–Crippen MR) is 113 cm³/mol. The zero-order valence-corrected chi connectivity index (χ0v) is 18.8. The minimum Gasteiger partial charge on any atom is -0.497 e. The highest BCUT2D eigenvalue weighted by atomic mass is 16.5. The SMILES string of the molecule is COCCN1C(=O)C2CN(C(=O)Cc3cc(OC)cc(OC)c3)CC(C)(C)CN2C1=O. The summed E-state index contributed by atoms with van der Waals surface area (Å²) in [5.41, 5.74) is 0.402. The fraction of sp³-hybridized carbons (Fsp3) is 0.591. The maximum absolute atomic E-state index is 13.2. The van der Waals surface area contributed by atoms with Gasteiger partial charge in [0.1, 0.15) is 17.5 Å². The summed E-state index contributed by atoms with van der Waals surface area (Å²) >= 11 is 0. The minimum absolute atomic E-state index is 0.110. The standard InChI is InChI=1S/C22H31N3O6/c1-22(2)13-23(19(26)10-15-8-16(30-4)11-17(9-15)31-5)12-18-20(27)24(6-7-29-3)21(28)25(18)14-22/h8-9,11,18H,6-7,10,12-14H2,1-5H3. The topological polar surface area (TPSA) is 88.6 Å². The van der Waals surface area contributed by atoms with Gasteiger partial charge < -0.3 is 24.0 Å². The van der Waals surface area contributed by atoms with Gasteiger partial charge >= 0.3 is 6.03 Å². The highest BCUT2D eigenvalue weighted by Gasteiger charge is 2.49. The Hall–Kier alpha value is -2.81. The largest absolute Gasteiger partial charge is 0.497 e. The molecule has 1 aromatic rings. The molecule has 2 heterocycles. The van der Waals surface area contributed by atoms with Crippen molar-refractivity contribution in [3.8, 4) is 11.5 Å². The van der Waals surface area contributed by atoms with E-state index in [4.69, 9.17) is 14.2 Å². The van der Waals surface area contributed by atoms with Crippen LogP contribution in [0.3, 0.4) is 0 Å². The third-order valence-electron chi connectivity index (χ3n) is 5.65. The average Bonchev–Trinajstić information content (AvgIpc) is 2.86. The molecule has 0 saturated carbocycles. The van der Waals surface area contributed by atoms with Crippen molar-refractivity contribution >= 4 is 17.8 Å². The van der Waals surface area contributed by atoms with Crippen LogP contribution in [0, 0.1) is 5.41 Å². The van der Waals surface area contributed by atoms with Gasteiger partial charge in [-0.05, 0) is 17.7 Å². The van der Waals surface area contributed by atoms with Gasteiger partial charge in [0.05, 0.1) is 40.3 Å². The number of carbonyl (C=O) groups excluding carboxylic acids is 3. The van der Waals surface area contributed by atoms with E-state index in [9.17, 15) is 14.4 Å². The zero-order chi connectivity index (χ0) is 22.8. The lowest BCUT2D eigenvalue weighted by atomic mass is 9.92. The smallest absolute Gasteiger partial charge is 0.327 e. The number of amides is 4. The molecule has 2 aliphatic heterocycles. The van der Waals surface area contributed by atoms with Crippen molar-refractivity contribution in [1.82, 2.24) is 14.7 Å². The van der Waals surface area contributed by atoms with Crippen LogP contribution in [0.15, 0.2) is 18.2 Å². The van der Waals surface area contributed by atoms with Crippen molar-refractivity contribution in [3.05, 3.63) is 23.8 Å². The molecule has 2 fully saturated rings. The monoisotopic (exact) mass is 433 g/mol. The van der Waals surface area contributed by atoms with Gasteiger partial charge in [-0.2, -0.15) is 0 Å². The second kappa shape index (κ2) is 9.13. The Morgan fingerprint density at radius 3 is 2.29 bits per heavy atom. The fourth-order valence-electron chi connectivity index (χ4n) is 4.18. The molecule has 170 valence electrons. The van der Waals surface area contributed by atoms with Crippen LogP contribution in [0.2, 0.25) is 0 Å². The van der Waals surface area contributed by atoms with E-state index >= 15 is 0 Å². The number of urea groups is 1. The summed E-state index contributed by atoms with van der Waals surface area (Å²) in [6.45, 7) is 5.53. The molecule has 1 aromatic carbocycles. The molecule has 0 spiro atoms. The first-order valence-corrected chi connectivity index (χ1v) is 10.3. The normalized spacial score (nSPS) is 20.5. The molecule has 4 amide bonds. The number of hydrogen-bond donors (Lipinski definition) is 0. The van der Waals surface area contributed by atoms with E-state index in [1.54, 1.807) is 42.2 Å². The number of hydrogen-bond acceptors (Lipinski definition) is 6. The molecule has 1 atom stereocenters. The molecule has 31 heavy (non-hydrogen) atoms. The Bertz CT molecular complexity index is 833. The van der Waals surface area contributed by atoms with Crippen molar-refractivity contribution in [1.29, 1.82) is 0 Å². The highest BCUT2D eigenvalue weighted by Crippen LogP contribution is 2.30. The van der Waals surface area contributed by atoms with Gasteiger partial charge in [-0.25, -0.2) is 4.79 Å². The third-order valence-corrected chi connectivity index (χ3v) is 5.65. The summed E-state index contributed by atoms with van der Waals surface area (Å²) in [6.07, 6.45) is 0.145. The molecule has 9 heteroatoms. The quantitative estimate of drug-likeness (QED) is 0.604. The number of rotatable bonds is 7. The molecule has 0 N–H and O–H groups in total. The first-order chi connectivity index (χ1) is 14.7. The summed E-state index contributed by atoms with van der Waals surface area (Å²) in [5, 5.41) is 0. The van der Waals surface area contributed by atoms with Gasteiger partial charge in [0.25, 0.3) is 5.91 Å². The Balaban J connectivity index is 1.81. The summed E-state index contributed by atoms with van der Waals surface area (Å²) < 4.78 is 15.6. The van der Waals surface area contributed by atoms with E-state index in [-0.39, 0.29) is 49.4 Å². The van der Waals surface area contributed by atoms with E-state index in [0.29, 0.717) is 24.6 Å². The van der Waals surface area contributed by atoms with Crippen molar-refractivity contribution in [2.24, 2.45) is 5.41 Å². The van der Waals surface area contributed by atoms with Crippen LogP contribution >= 0.6 is 0 Å². The van der Waals surface area contributed by atoms with Gasteiger partial charge in [-0.1, -0.05) is 13.8 Å². The number of methoxy groups -OCH3 is 3. The van der Waals surface area contributed by atoms with Crippen molar-refractivity contribution < 1.29 is 28.6 Å². The molecule has 3 rings (SSSR count). The lowest BCUT2D eigenvalue weighted by molar-refractivity contribution is -0.133. The summed E-state index contributed by atoms with van der Waals surface area (Å²) in [7, 11) is 4.65. The van der Waals surface area contributed by atoms with E-state index in [0.717, 1.165) is 5.56 Å². The number of benzene rings is 1. The third kappa shape index (κ3) is 4.92. The van der Waals surface area contributed by atoms with Crippen LogP contribution in [0.25, 0.3) is 0 Å². The first-order valence-electron chi connectivity index (χ1n) is 10.3. The van der Waals surface area contributed by atoms with Crippen LogP contribution in [-0.4, -0.2) is 92.7 Å². The Morgan fingerprint density at radius 2 is 1.71 bits per heavy atom. The molecular weight excluding hydrogens is 402 g/mol. The fourth-order valence-corrected chi connectivity index (χ4v) is 4.18. The first kappa shape index (κ1) is 22.9. The van der Waals surface area contributed by atoms with Gasteiger partial charge in [-0.3, -0.25) is 14.5 Å². The summed E-state index contributed by atoms with van der Waals surface area (Å²) in [5.74, 6) is 0.825. The lowest BCUT2D eigenvalue weighted by Crippen LogP contribution is -2.44. The molecule has 2 aliphatic rings. The molecular formula is C22H31N3O6. The van der Waals surface area contributed by atoms with Crippen molar-refractivity contribution in [2.45, 2.75) is 26.3 Å². The maximum Gasteiger partial charge on any atom is 0.327 e. The average molecular weight is 434 g/mol. The highest BCUT2D eigenvalue weighted by molar-refractivity contribution is 6.04. The second-order valence-corrected chi connectivity index (χ2v) is 8.75. The Labute approximate surface area is 182 Å². The van der Waals surface area contributed by atoms with E-state index in [2.05, 4.69) is 0 Å². The van der Waals surface area contributed by atoms with Crippen LogP contribution in [0.1, 0.15) is 19.4 Å². The maximum atomic E-state index is 13.2. The molecule has 9 nitrogen and oxygen atoms in total. The molecule has 0 bridgehead atoms. The predicted octanol–water partition coefficient (Wildman–Crippen LogP) is 1.39. The Morgan fingerprint density at radius 1 is 1.06 bits per heavy atom. The van der Waals surface area contributed by atoms with Crippen LogP contribution in [-0.2, 0) is 20.7 Å². The number of imide groups is 1. The molecule has 1 unspecified atom stereocenters. The molecule has 0 radical (unpaired) electrons. The molecule has 2 saturated heterocycles. The molecule has 0 aliphatic carbocycles. The number of nitrogens with zero attached hydrogens (tertiary/aromatic N) is 3. The van der Waals surface area contributed by atoms with E-state index < -0.39 is 6.04 Å². The minimum atomic E-state index is -0.671. The Kier molecular flexibility index (Phi) is 6.74. The lowest BCUT2D eigenvalue weighted by Gasteiger charge is -2.30. The second-order valence-electron chi connectivity index (χ2n) is 8.75. The van der Waals surface area contributed by atoms with Gasteiger partial charge in [-0.15, -0.1) is 0 Å². The van der Waals surface area contributed by atoms with Gasteiger partial charge in [0, 0.05) is 31.7 Å². The number of ether oxygens (including phenoxy) is 3. The van der Waals surface area contributed by atoms with Crippen molar-refractivity contribution in [2.75, 3.05) is 54.1 Å². The van der Waals surface area contributed by atoms with E-state index in [1.807, 2.05) is 13.8 Å². The van der Waals surface area contributed by atoms with Gasteiger partial charge in [0.15, 0.2) is 0 Å². The van der Waals surface area contributed by atoms with Crippen molar-refractivity contribution in [3.63, 3.8) is 0 Å².